The normalized spacial score (nSPS) is 19.7. The summed E-state index contributed by atoms with van der Waals surface area (Å²) >= 11 is 1.18. The Morgan fingerprint density at radius 1 is 1.71 bits per heavy atom. The van der Waals surface area contributed by atoms with Crippen LogP contribution < -0.4 is 0 Å². The molecular formula is C10H15N3O3S. The van der Waals surface area contributed by atoms with E-state index < -0.39 is 5.97 Å². The lowest BCUT2D eigenvalue weighted by Crippen LogP contribution is -2.10. The molecule has 1 unspecified atom stereocenters. The van der Waals surface area contributed by atoms with Gasteiger partial charge in [-0.05, 0) is 12.8 Å². The molecule has 94 valence electrons. The van der Waals surface area contributed by atoms with Gasteiger partial charge in [0.25, 0.3) is 0 Å². The molecule has 2 rings (SSSR count). The smallest absolute Gasteiger partial charge is 0.313 e. The number of carboxylic acid groups (broad SMARTS) is 1. The van der Waals surface area contributed by atoms with Gasteiger partial charge in [-0.2, -0.15) is 5.10 Å². The zero-order chi connectivity index (χ0) is 12.3. The van der Waals surface area contributed by atoms with Gasteiger partial charge in [0.2, 0.25) is 0 Å². The summed E-state index contributed by atoms with van der Waals surface area (Å²) in [6.45, 7) is 0.818. The summed E-state index contributed by atoms with van der Waals surface area (Å²) in [5.74, 6) is -0.114. The van der Waals surface area contributed by atoms with Gasteiger partial charge in [-0.3, -0.25) is 4.79 Å². The molecule has 1 fully saturated rings. The first-order chi connectivity index (χ1) is 8.15. The van der Waals surface area contributed by atoms with Crippen molar-refractivity contribution in [3.8, 4) is 0 Å². The lowest BCUT2D eigenvalue weighted by molar-refractivity contribution is -0.133. The number of rotatable bonds is 5. The quantitative estimate of drug-likeness (QED) is 0.783. The highest BCUT2D eigenvalue weighted by atomic mass is 32.2. The minimum Gasteiger partial charge on any atom is -0.481 e. The van der Waals surface area contributed by atoms with Crippen LogP contribution in [-0.4, -0.2) is 44.3 Å². The Hall–Kier alpha value is -1.08. The average Bonchev–Trinajstić information content (AvgIpc) is 2.86. The van der Waals surface area contributed by atoms with Crippen LogP contribution in [-0.2, 0) is 23.0 Å². The van der Waals surface area contributed by atoms with E-state index in [1.54, 1.807) is 11.7 Å². The molecule has 17 heavy (non-hydrogen) atoms. The number of carboxylic acids is 1. The summed E-state index contributed by atoms with van der Waals surface area (Å²) in [4.78, 5) is 14.8. The summed E-state index contributed by atoms with van der Waals surface area (Å²) in [6.07, 6.45) is 3.07. The van der Waals surface area contributed by atoms with Crippen LogP contribution in [0.15, 0.2) is 5.16 Å². The van der Waals surface area contributed by atoms with Crippen molar-refractivity contribution in [1.82, 2.24) is 14.8 Å². The Morgan fingerprint density at radius 3 is 3.18 bits per heavy atom. The molecule has 1 aromatic heterocycles. The zero-order valence-electron chi connectivity index (χ0n) is 9.63. The van der Waals surface area contributed by atoms with Gasteiger partial charge >= 0.3 is 5.97 Å². The molecule has 0 saturated carbocycles. The topological polar surface area (TPSA) is 77.2 Å². The first-order valence-corrected chi connectivity index (χ1v) is 6.50. The Bertz CT molecular complexity index is 402. The average molecular weight is 257 g/mol. The van der Waals surface area contributed by atoms with Gasteiger partial charge in [0.15, 0.2) is 11.0 Å². The van der Waals surface area contributed by atoms with Crippen molar-refractivity contribution in [1.29, 1.82) is 0 Å². The van der Waals surface area contributed by atoms with Crippen LogP contribution in [0, 0.1) is 0 Å². The van der Waals surface area contributed by atoms with Crippen LogP contribution in [0.4, 0.5) is 0 Å². The van der Waals surface area contributed by atoms with Crippen molar-refractivity contribution in [3.63, 3.8) is 0 Å². The van der Waals surface area contributed by atoms with Crippen molar-refractivity contribution < 1.29 is 14.6 Å². The Balaban J connectivity index is 1.94. The van der Waals surface area contributed by atoms with E-state index in [1.807, 2.05) is 0 Å². The van der Waals surface area contributed by atoms with Crippen LogP contribution in [0.1, 0.15) is 18.7 Å². The number of thioether (sulfide) groups is 1. The fraction of sp³-hybridized carbons (Fsp3) is 0.700. The molecular weight excluding hydrogens is 242 g/mol. The molecule has 1 aromatic rings. The van der Waals surface area contributed by atoms with E-state index in [-0.39, 0.29) is 11.9 Å². The van der Waals surface area contributed by atoms with Crippen molar-refractivity contribution in [3.05, 3.63) is 5.82 Å². The van der Waals surface area contributed by atoms with Gasteiger partial charge in [-0.15, -0.1) is 0 Å². The molecule has 0 radical (unpaired) electrons. The first kappa shape index (κ1) is 12.4. The van der Waals surface area contributed by atoms with Crippen LogP contribution in [0.2, 0.25) is 0 Å². The van der Waals surface area contributed by atoms with Crippen LogP contribution in [0.5, 0.6) is 0 Å². The molecule has 1 atom stereocenters. The summed E-state index contributed by atoms with van der Waals surface area (Å²) in [6, 6.07) is 0. The fourth-order valence-electron chi connectivity index (χ4n) is 1.77. The number of ether oxygens (including phenoxy) is 1. The highest BCUT2D eigenvalue weighted by Crippen LogP contribution is 2.18. The fourth-order valence-corrected chi connectivity index (χ4v) is 2.42. The van der Waals surface area contributed by atoms with Crippen LogP contribution in [0.25, 0.3) is 0 Å². The third-order valence-electron chi connectivity index (χ3n) is 2.53. The molecule has 0 aliphatic carbocycles. The molecule has 1 saturated heterocycles. The summed E-state index contributed by atoms with van der Waals surface area (Å²) < 4.78 is 7.14. The number of aromatic nitrogens is 3. The van der Waals surface area contributed by atoms with Crippen molar-refractivity contribution in [2.75, 3.05) is 12.4 Å². The number of nitrogens with zero attached hydrogens (tertiary/aromatic N) is 3. The lowest BCUT2D eigenvalue weighted by Gasteiger charge is -2.04. The predicted octanol–water partition coefficient (Wildman–Crippen LogP) is 0.713. The van der Waals surface area contributed by atoms with E-state index >= 15 is 0 Å². The van der Waals surface area contributed by atoms with E-state index in [2.05, 4.69) is 10.1 Å². The monoisotopic (exact) mass is 257 g/mol. The van der Waals surface area contributed by atoms with Crippen molar-refractivity contribution in [2.45, 2.75) is 30.5 Å². The number of hydrogen-bond donors (Lipinski definition) is 1. The second kappa shape index (κ2) is 5.50. The summed E-state index contributed by atoms with van der Waals surface area (Å²) in [5, 5.41) is 13.5. The third-order valence-corrected chi connectivity index (χ3v) is 3.53. The molecule has 0 amide bonds. The molecule has 1 N–H and O–H groups in total. The molecule has 0 aromatic carbocycles. The van der Waals surface area contributed by atoms with Gasteiger partial charge in [-0.25, -0.2) is 9.67 Å². The number of aliphatic carboxylic acids is 1. The first-order valence-electron chi connectivity index (χ1n) is 5.51. The Kier molecular flexibility index (Phi) is 4.01. The van der Waals surface area contributed by atoms with E-state index in [0.717, 1.165) is 25.3 Å². The maximum atomic E-state index is 10.5. The van der Waals surface area contributed by atoms with Gasteiger partial charge in [0.05, 0.1) is 11.9 Å². The minimum absolute atomic E-state index is 0.00586. The second-order valence-electron chi connectivity index (χ2n) is 3.96. The maximum absolute atomic E-state index is 10.5. The van der Waals surface area contributed by atoms with E-state index in [0.29, 0.717) is 11.6 Å². The van der Waals surface area contributed by atoms with Gasteiger partial charge < -0.3 is 9.84 Å². The number of aryl methyl sites for hydroxylation is 1. The minimum atomic E-state index is -0.848. The SMILES string of the molecule is Cn1nc(CC2CCCO2)nc1SCC(=O)O. The Labute approximate surface area is 103 Å². The second-order valence-corrected chi connectivity index (χ2v) is 4.90. The zero-order valence-corrected chi connectivity index (χ0v) is 10.4. The van der Waals surface area contributed by atoms with Crippen molar-refractivity contribution in [2.24, 2.45) is 7.05 Å². The van der Waals surface area contributed by atoms with Gasteiger partial charge in [0.1, 0.15) is 0 Å². The molecule has 1 aliphatic rings. The van der Waals surface area contributed by atoms with Gasteiger partial charge in [0, 0.05) is 20.1 Å². The van der Waals surface area contributed by atoms with Gasteiger partial charge in [-0.1, -0.05) is 11.8 Å². The largest absolute Gasteiger partial charge is 0.481 e. The third kappa shape index (κ3) is 3.44. The number of carbonyl (C=O) groups is 1. The van der Waals surface area contributed by atoms with E-state index in [9.17, 15) is 4.79 Å². The Morgan fingerprint density at radius 2 is 2.53 bits per heavy atom. The molecule has 1 aliphatic heterocycles. The highest BCUT2D eigenvalue weighted by Gasteiger charge is 2.19. The molecule has 0 spiro atoms. The van der Waals surface area contributed by atoms with E-state index in [1.165, 1.54) is 11.8 Å². The molecule has 7 heteroatoms. The molecule has 0 bridgehead atoms. The summed E-state index contributed by atoms with van der Waals surface area (Å²) in [7, 11) is 1.77. The van der Waals surface area contributed by atoms with Crippen LogP contribution >= 0.6 is 11.8 Å². The highest BCUT2D eigenvalue weighted by molar-refractivity contribution is 7.99. The van der Waals surface area contributed by atoms with E-state index in [4.69, 9.17) is 9.84 Å². The summed E-state index contributed by atoms with van der Waals surface area (Å²) in [5.41, 5.74) is 0. The maximum Gasteiger partial charge on any atom is 0.313 e. The molecule has 2 heterocycles. The van der Waals surface area contributed by atoms with Crippen molar-refractivity contribution >= 4 is 17.7 Å². The lowest BCUT2D eigenvalue weighted by atomic mass is 10.2. The standard InChI is InChI=1S/C10H15N3O3S/c1-13-10(17-6-9(14)15)11-8(12-13)5-7-3-2-4-16-7/h7H,2-6H2,1H3,(H,14,15). The number of hydrogen-bond acceptors (Lipinski definition) is 5. The molecule has 6 nitrogen and oxygen atoms in total. The predicted molar refractivity (Wildman–Crippen MR) is 62.0 cm³/mol. The van der Waals surface area contributed by atoms with Crippen LogP contribution in [0.3, 0.4) is 0 Å².